The van der Waals surface area contributed by atoms with Crippen LogP contribution in [-0.2, 0) is 20.9 Å². The first-order valence-electron chi connectivity index (χ1n) is 20.7. The van der Waals surface area contributed by atoms with Crippen molar-refractivity contribution in [3.63, 3.8) is 0 Å². The summed E-state index contributed by atoms with van der Waals surface area (Å²) >= 11 is 0. The van der Waals surface area contributed by atoms with Gasteiger partial charge in [-0.1, -0.05) is 61.9 Å². The molecule has 3 aromatic rings. The number of carbonyl (C=O) groups excluding carboxylic acids is 4. The molecule has 1 heterocycles. The largest absolute Gasteiger partial charge is 0.446 e. The lowest BCUT2D eigenvalue weighted by molar-refractivity contribution is -0.130. The summed E-state index contributed by atoms with van der Waals surface area (Å²) in [5.41, 5.74) is 6.89. The summed E-state index contributed by atoms with van der Waals surface area (Å²) in [5.74, 6) is 0.296. The highest BCUT2D eigenvalue weighted by molar-refractivity contribution is 5.94. The number of hydrogen-bond acceptors (Lipinski definition) is 7. The zero-order chi connectivity index (χ0) is 41.3. The van der Waals surface area contributed by atoms with Gasteiger partial charge in [-0.25, -0.2) is 4.79 Å². The second kappa shape index (κ2) is 22.9. The van der Waals surface area contributed by atoms with Crippen LogP contribution in [0.3, 0.4) is 0 Å². The first-order chi connectivity index (χ1) is 27.4. The topological polar surface area (TPSA) is 106 Å². The lowest BCUT2D eigenvalue weighted by Gasteiger charge is -2.32. The predicted octanol–water partition coefficient (Wildman–Crippen LogP) is 7.46. The molecule has 0 aromatic heterocycles. The summed E-state index contributed by atoms with van der Waals surface area (Å²) < 4.78 is 5.79. The zero-order valence-electron chi connectivity index (χ0n) is 35.5. The van der Waals surface area contributed by atoms with E-state index >= 15 is 0 Å². The average molecular weight is 783 g/mol. The number of aryl methyl sites for hydroxylation is 2. The van der Waals surface area contributed by atoms with Gasteiger partial charge >= 0.3 is 6.09 Å². The molecule has 0 saturated carbocycles. The summed E-state index contributed by atoms with van der Waals surface area (Å²) in [7, 11) is 7.65. The highest BCUT2D eigenvalue weighted by Gasteiger charge is 2.23. The highest BCUT2D eigenvalue weighted by Crippen LogP contribution is 2.28. The fourth-order valence-electron chi connectivity index (χ4n) is 7.42. The molecule has 0 unspecified atom stereocenters. The van der Waals surface area contributed by atoms with Crippen LogP contribution in [0, 0.1) is 13.8 Å². The van der Waals surface area contributed by atoms with Gasteiger partial charge in [-0.3, -0.25) is 19.7 Å². The monoisotopic (exact) mass is 783 g/mol. The standard InChI is InChI=1S/C46H66N6O5/c1-8-43(53)49(5)26-17-27-51(7)45(55)38-32-35(2)41(36(3)33-38)34-48(4)25-16-10-13-22-44(54)50(6)30-31-52-28-23-39(24-29-52)57-46(56)47-42-21-15-14-20-40(42)37-18-11-9-12-19-37/h9,11-12,14-15,18-21,32-33,39H,8,10,13,16-17,22-31,34H2,1-7H3,(H,47,56). The van der Waals surface area contributed by atoms with Crippen LogP contribution in [0.25, 0.3) is 11.1 Å². The average Bonchev–Trinajstić information content (AvgIpc) is 3.21. The number of anilines is 1. The SMILES string of the molecule is CCC(=O)N(C)CCCN(C)C(=O)c1cc(C)c(CN(C)CCCCCC(=O)N(C)CCN2CCC(OC(=O)Nc3ccccc3-c3ccccc3)CC2)c(C)c1. The van der Waals surface area contributed by atoms with E-state index in [1.165, 1.54) is 5.56 Å². The normalized spacial score (nSPS) is 13.3. The van der Waals surface area contributed by atoms with E-state index in [2.05, 4.69) is 36.0 Å². The molecule has 11 nitrogen and oxygen atoms in total. The summed E-state index contributed by atoms with van der Waals surface area (Å²) in [6.45, 7) is 12.1. The smallest absolute Gasteiger partial charge is 0.411 e. The number of benzene rings is 3. The van der Waals surface area contributed by atoms with E-state index < -0.39 is 6.09 Å². The van der Waals surface area contributed by atoms with Crippen molar-refractivity contribution in [3.8, 4) is 11.1 Å². The van der Waals surface area contributed by atoms with Crippen LogP contribution in [0.15, 0.2) is 66.7 Å². The molecular formula is C46H66N6O5. The number of unbranched alkanes of at least 4 members (excludes halogenated alkanes) is 2. The Hall–Kier alpha value is -4.74. The van der Waals surface area contributed by atoms with E-state index in [0.717, 1.165) is 99.2 Å². The number of ether oxygens (including phenoxy) is 1. The van der Waals surface area contributed by atoms with Crippen molar-refractivity contribution in [1.82, 2.24) is 24.5 Å². The molecule has 3 aromatic carbocycles. The zero-order valence-corrected chi connectivity index (χ0v) is 35.5. The van der Waals surface area contributed by atoms with Crippen LogP contribution < -0.4 is 5.32 Å². The Kier molecular flexibility index (Phi) is 18.0. The molecule has 1 aliphatic heterocycles. The number of carbonyl (C=O) groups is 4. The molecule has 4 amide bonds. The summed E-state index contributed by atoms with van der Waals surface area (Å²) in [4.78, 5) is 60.6. The Labute approximate surface area is 341 Å². The molecule has 4 rings (SSSR count). The van der Waals surface area contributed by atoms with Gasteiger partial charge in [0.1, 0.15) is 6.10 Å². The van der Waals surface area contributed by atoms with Crippen molar-refractivity contribution in [1.29, 1.82) is 0 Å². The number of nitrogens with zero attached hydrogens (tertiary/aromatic N) is 5. The molecule has 0 radical (unpaired) electrons. The van der Waals surface area contributed by atoms with E-state index in [1.807, 2.05) is 99.7 Å². The van der Waals surface area contributed by atoms with Crippen molar-refractivity contribution in [2.45, 2.75) is 84.8 Å². The lowest BCUT2D eigenvalue weighted by atomic mass is 9.98. The maximum absolute atomic E-state index is 13.2. The Morgan fingerprint density at radius 1 is 0.737 bits per heavy atom. The third kappa shape index (κ3) is 14.3. The van der Waals surface area contributed by atoms with Crippen LogP contribution in [0.1, 0.15) is 85.3 Å². The molecule has 11 heteroatoms. The molecule has 1 saturated heterocycles. The van der Waals surface area contributed by atoms with Crippen molar-refractivity contribution in [2.75, 3.05) is 79.3 Å². The number of likely N-dealkylation sites (N-methyl/N-ethyl adjacent to an activating group) is 1. The van der Waals surface area contributed by atoms with Crippen LogP contribution in [0.5, 0.6) is 0 Å². The second-order valence-electron chi connectivity index (χ2n) is 15.7. The van der Waals surface area contributed by atoms with E-state index in [0.29, 0.717) is 38.0 Å². The van der Waals surface area contributed by atoms with Gasteiger partial charge in [0.05, 0.1) is 5.69 Å². The maximum Gasteiger partial charge on any atom is 0.411 e. The summed E-state index contributed by atoms with van der Waals surface area (Å²) in [6, 6.07) is 21.7. The number of para-hydroxylation sites is 1. The van der Waals surface area contributed by atoms with Gasteiger partial charge < -0.3 is 29.2 Å². The Morgan fingerprint density at radius 2 is 1.37 bits per heavy atom. The summed E-state index contributed by atoms with van der Waals surface area (Å²) in [5, 5.41) is 2.94. The van der Waals surface area contributed by atoms with Gasteiger partial charge in [0.2, 0.25) is 11.8 Å². The first kappa shape index (κ1) is 45.0. The fraction of sp³-hybridized carbons (Fsp3) is 0.522. The lowest BCUT2D eigenvalue weighted by Crippen LogP contribution is -2.42. The summed E-state index contributed by atoms with van der Waals surface area (Å²) in [6.07, 6.45) is 5.63. The van der Waals surface area contributed by atoms with Crippen LogP contribution in [0.2, 0.25) is 0 Å². The Balaban J connectivity index is 1.08. The van der Waals surface area contributed by atoms with Crippen molar-refractivity contribution in [2.24, 2.45) is 0 Å². The maximum atomic E-state index is 13.2. The predicted molar refractivity (Wildman–Crippen MR) is 229 cm³/mol. The third-order valence-corrected chi connectivity index (χ3v) is 11.1. The van der Waals surface area contributed by atoms with E-state index in [9.17, 15) is 19.2 Å². The number of likely N-dealkylation sites (tertiary alicyclic amines) is 1. The van der Waals surface area contributed by atoms with Gasteiger partial charge in [-0.05, 0) is 100.0 Å². The fourth-order valence-corrected chi connectivity index (χ4v) is 7.42. The Morgan fingerprint density at radius 3 is 2.05 bits per heavy atom. The molecule has 57 heavy (non-hydrogen) atoms. The molecule has 0 bridgehead atoms. The molecule has 1 aliphatic rings. The van der Waals surface area contributed by atoms with E-state index in [1.54, 1.807) is 9.80 Å². The van der Waals surface area contributed by atoms with E-state index in [-0.39, 0.29) is 23.8 Å². The number of nitrogens with one attached hydrogen (secondary N) is 1. The molecule has 1 N–H and O–H groups in total. The molecular weight excluding hydrogens is 717 g/mol. The molecule has 0 spiro atoms. The van der Waals surface area contributed by atoms with Gasteiger partial charge in [-0.15, -0.1) is 0 Å². The number of amides is 4. The van der Waals surface area contributed by atoms with Crippen LogP contribution in [0.4, 0.5) is 10.5 Å². The van der Waals surface area contributed by atoms with Gasteiger partial charge in [0.25, 0.3) is 5.91 Å². The molecule has 0 atom stereocenters. The number of piperidine rings is 1. The van der Waals surface area contributed by atoms with Crippen LogP contribution >= 0.6 is 0 Å². The van der Waals surface area contributed by atoms with Gasteiger partial charge in [-0.2, -0.15) is 0 Å². The first-order valence-corrected chi connectivity index (χ1v) is 20.7. The third-order valence-electron chi connectivity index (χ3n) is 11.1. The van der Waals surface area contributed by atoms with Crippen LogP contribution in [-0.4, -0.2) is 128 Å². The van der Waals surface area contributed by atoms with E-state index in [4.69, 9.17) is 4.74 Å². The van der Waals surface area contributed by atoms with Crippen molar-refractivity contribution < 1.29 is 23.9 Å². The quantitative estimate of drug-likeness (QED) is 0.119. The highest BCUT2D eigenvalue weighted by atomic mass is 16.6. The van der Waals surface area contributed by atoms with Crippen molar-refractivity contribution >= 4 is 29.5 Å². The number of rotatable bonds is 20. The minimum atomic E-state index is -0.429. The minimum Gasteiger partial charge on any atom is -0.446 e. The molecule has 0 aliphatic carbocycles. The minimum absolute atomic E-state index is 0.00108. The van der Waals surface area contributed by atoms with Crippen molar-refractivity contribution in [3.05, 3.63) is 89.0 Å². The Bertz CT molecular complexity index is 1740. The molecule has 310 valence electrons. The van der Waals surface area contributed by atoms with Gasteiger partial charge in [0, 0.05) is 90.9 Å². The van der Waals surface area contributed by atoms with Gasteiger partial charge in [0.15, 0.2) is 0 Å². The number of hydrogen-bond donors (Lipinski definition) is 1. The molecule has 1 fully saturated rings. The second-order valence-corrected chi connectivity index (χ2v) is 15.7.